The van der Waals surface area contributed by atoms with E-state index in [1.807, 2.05) is 0 Å². The topological polar surface area (TPSA) is 68.2 Å². The molecule has 0 aromatic heterocycles. The van der Waals surface area contributed by atoms with Crippen molar-refractivity contribution in [3.8, 4) is 0 Å². The summed E-state index contributed by atoms with van der Waals surface area (Å²) in [5.74, 6) is -2.50. The Bertz CT molecular complexity index is 268. The van der Waals surface area contributed by atoms with Gasteiger partial charge in [-0.25, -0.2) is 0 Å². The lowest BCUT2D eigenvalue weighted by molar-refractivity contribution is -0.387. The third-order valence-corrected chi connectivity index (χ3v) is 4.10. The molecule has 0 heterocycles. The third kappa shape index (κ3) is 3.22. The average molecular weight is 262 g/mol. The largest absolute Gasteiger partial charge is 0.393 e. The number of methoxy groups -OCH3 is 2. The van der Waals surface area contributed by atoms with E-state index in [9.17, 15) is 10.2 Å². The van der Waals surface area contributed by atoms with Crippen LogP contribution in [0.2, 0.25) is 0 Å². The molecule has 1 aliphatic rings. The van der Waals surface area contributed by atoms with Gasteiger partial charge >= 0.3 is 0 Å². The second-order valence-corrected chi connectivity index (χ2v) is 5.44. The Kier molecular flexibility index (Phi) is 5.14. The summed E-state index contributed by atoms with van der Waals surface area (Å²) in [6.07, 6.45) is 1.76. The van der Waals surface area contributed by atoms with Crippen LogP contribution in [0.1, 0.15) is 40.0 Å². The maximum absolute atomic E-state index is 10.2. The molecule has 1 fully saturated rings. The smallest absolute Gasteiger partial charge is 0.220 e. The Labute approximate surface area is 109 Å². The molecule has 2 unspecified atom stereocenters. The predicted octanol–water partition coefficient (Wildman–Crippen LogP) is 1.27. The summed E-state index contributed by atoms with van der Waals surface area (Å²) in [6.45, 7) is 5.22. The quantitative estimate of drug-likeness (QED) is 0.730. The van der Waals surface area contributed by atoms with E-state index in [1.165, 1.54) is 21.1 Å². The van der Waals surface area contributed by atoms with Gasteiger partial charge in [-0.3, -0.25) is 0 Å². The SMILES string of the molecule is COC(C)(O[C@H]1C[C@@H](O)CCC1C)[C@](C)(O)OC. The molecule has 0 radical (unpaired) electrons. The van der Waals surface area contributed by atoms with E-state index >= 15 is 0 Å². The highest BCUT2D eigenvalue weighted by atomic mass is 16.8. The van der Waals surface area contributed by atoms with Gasteiger partial charge in [0.25, 0.3) is 0 Å². The molecule has 0 aromatic carbocycles. The molecule has 5 heteroatoms. The Morgan fingerprint density at radius 1 is 1.11 bits per heavy atom. The van der Waals surface area contributed by atoms with Gasteiger partial charge in [0.2, 0.25) is 11.6 Å². The number of ether oxygens (including phenoxy) is 3. The van der Waals surface area contributed by atoms with Gasteiger partial charge in [-0.2, -0.15) is 0 Å². The van der Waals surface area contributed by atoms with Gasteiger partial charge in [0.05, 0.1) is 12.2 Å². The summed E-state index contributed by atoms with van der Waals surface area (Å²) in [6, 6.07) is 0. The summed E-state index contributed by atoms with van der Waals surface area (Å²) >= 11 is 0. The van der Waals surface area contributed by atoms with E-state index in [0.29, 0.717) is 12.3 Å². The average Bonchev–Trinajstić information content (AvgIpc) is 2.33. The first-order chi connectivity index (χ1) is 8.25. The lowest BCUT2D eigenvalue weighted by Crippen LogP contribution is -2.57. The minimum atomic E-state index is -1.55. The molecule has 0 spiro atoms. The fourth-order valence-corrected chi connectivity index (χ4v) is 2.24. The highest BCUT2D eigenvalue weighted by Crippen LogP contribution is 2.35. The standard InChI is InChI=1S/C13H26O5/c1-9-6-7-10(14)8-11(9)18-13(3,17-5)12(2,15)16-4/h9-11,14-15H,6-8H2,1-5H3/t9?,10-,11-,12+,13?/m0/s1. The zero-order valence-electron chi connectivity index (χ0n) is 12.0. The Morgan fingerprint density at radius 3 is 2.22 bits per heavy atom. The lowest BCUT2D eigenvalue weighted by Gasteiger charge is -2.44. The molecule has 1 aliphatic carbocycles. The van der Waals surface area contributed by atoms with Crippen molar-refractivity contribution in [2.75, 3.05) is 14.2 Å². The first-order valence-corrected chi connectivity index (χ1v) is 6.44. The lowest BCUT2D eigenvalue weighted by atomic mass is 9.86. The maximum Gasteiger partial charge on any atom is 0.220 e. The van der Waals surface area contributed by atoms with Crippen molar-refractivity contribution in [3.05, 3.63) is 0 Å². The summed E-state index contributed by atoms with van der Waals surface area (Å²) in [7, 11) is 2.87. The number of rotatable bonds is 5. The highest BCUT2D eigenvalue weighted by Gasteiger charge is 2.48. The second kappa shape index (κ2) is 5.84. The van der Waals surface area contributed by atoms with E-state index in [2.05, 4.69) is 6.92 Å². The van der Waals surface area contributed by atoms with E-state index in [0.717, 1.165) is 12.8 Å². The zero-order chi connectivity index (χ0) is 14.0. The maximum atomic E-state index is 10.2. The van der Waals surface area contributed by atoms with Crippen molar-refractivity contribution >= 4 is 0 Å². The Morgan fingerprint density at radius 2 is 1.72 bits per heavy atom. The van der Waals surface area contributed by atoms with Crippen LogP contribution in [-0.2, 0) is 14.2 Å². The molecule has 18 heavy (non-hydrogen) atoms. The molecule has 1 saturated carbocycles. The van der Waals surface area contributed by atoms with Crippen molar-refractivity contribution in [2.45, 2.75) is 63.8 Å². The van der Waals surface area contributed by atoms with Crippen LogP contribution in [-0.4, -0.2) is 48.2 Å². The van der Waals surface area contributed by atoms with E-state index < -0.39 is 11.6 Å². The third-order valence-electron chi connectivity index (χ3n) is 4.10. The summed E-state index contributed by atoms with van der Waals surface area (Å²) < 4.78 is 16.3. The summed E-state index contributed by atoms with van der Waals surface area (Å²) in [5, 5.41) is 19.9. The fourth-order valence-electron chi connectivity index (χ4n) is 2.24. The van der Waals surface area contributed by atoms with Gasteiger partial charge < -0.3 is 24.4 Å². The van der Waals surface area contributed by atoms with Crippen LogP contribution in [0.3, 0.4) is 0 Å². The van der Waals surface area contributed by atoms with Crippen molar-refractivity contribution in [2.24, 2.45) is 5.92 Å². The first-order valence-electron chi connectivity index (χ1n) is 6.44. The van der Waals surface area contributed by atoms with Crippen molar-refractivity contribution in [3.63, 3.8) is 0 Å². The molecule has 0 aliphatic heterocycles. The van der Waals surface area contributed by atoms with Crippen LogP contribution in [0.25, 0.3) is 0 Å². The number of aliphatic hydroxyl groups is 2. The normalized spacial score (nSPS) is 35.8. The van der Waals surface area contributed by atoms with Gasteiger partial charge in [0.15, 0.2) is 0 Å². The molecular weight excluding hydrogens is 236 g/mol. The van der Waals surface area contributed by atoms with Gasteiger partial charge in [0.1, 0.15) is 0 Å². The predicted molar refractivity (Wildman–Crippen MR) is 66.9 cm³/mol. The van der Waals surface area contributed by atoms with Crippen molar-refractivity contribution in [1.82, 2.24) is 0 Å². The monoisotopic (exact) mass is 262 g/mol. The molecule has 0 saturated heterocycles. The van der Waals surface area contributed by atoms with Crippen molar-refractivity contribution < 1.29 is 24.4 Å². The van der Waals surface area contributed by atoms with E-state index in [1.54, 1.807) is 6.92 Å². The van der Waals surface area contributed by atoms with E-state index in [-0.39, 0.29) is 12.2 Å². The van der Waals surface area contributed by atoms with E-state index in [4.69, 9.17) is 14.2 Å². The van der Waals surface area contributed by atoms with Crippen LogP contribution in [0.4, 0.5) is 0 Å². The molecule has 0 aromatic rings. The number of hydrogen-bond donors (Lipinski definition) is 2. The first kappa shape index (κ1) is 15.9. The second-order valence-electron chi connectivity index (χ2n) is 5.44. The van der Waals surface area contributed by atoms with Crippen LogP contribution in [0.5, 0.6) is 0 Å². The molecule has 2 N–H and O–H groups in total. The van der Waals surface area contributed by atoms with Gasteiger partial charge in [0, 0.05) is 14.2 Å². The minimum absolute atomic E-state index is 0.152. The van der Waals surface area contributed by atoms with Gasteiger partial charge in [-0.05, 0) is 39.0 Å². The molecule has 0 amide bonds. The minimum Gasteiger partial charge on any atom is -0.393 e. The molecular formula is C13H26O5. The highest BCUT2D eigenvalue weighted by molar-refractivity contribution is 4.85. The van der Waals surface area contributed by atoms with Crippen LogP contribution in [0.15, 0.2) is 0 Å². The molecule has 0 bridgehead atoms. The van der Waals surface area contributed by atoms with Crippen LogP contribution < -0.4 is 0 Å². The molecule has 108 valence electrons. The Balaban J connectivity index is 2.78. The number of hydrogen-bond acceptors (Lipinski definition) is 5. The fraction of sp³-hybridized carbons (Fsp3) is 1.00. The zero-order valence-corrected chi connectivity index (χ0v) is 12.0. The molecule has 5 atom stereocenters. The van der Waals surface area contributed by atoms with Crippen molar-refractivity contribution in [1.29, 1.82) is 0 Å². The van der Waals surface area contributed by atoms with Crippen LogP contribution >= 0.6 is 0 Å². The number of aliphatic hydroxyl groups excluding tert-OH is 1. The molecule has 1 rings (SSSR count). The summed E-state index contributed by atoms with van der Waals surface area (Å²) in [4.78, 5) is 0. The van der Waals surface area contributed by atoms with Gasteiger partial charge in [-0.1, -0.05) is 6.92 Å². The van der Waals surface area contributed by atoms with Gasteiger partial charge in [-0.15, -0.1) is 0 Å². The summed E-state index contributed by atoms with van der Waals surface area (Å²) in [5.41, 5.74) is 0. The Hall–Kier alpha value is -0.200. The van der Waals surface area contributed by atoms with Crippen LogP contribution in [0, 0.1) is 5.92 Å². The molecule has 5 nitrogen and oxygen atoms in total.